The highest BCUT2D eigenvalue weighted by Crippen LogP contribution is 2.32. The van der Waals surface area contributed by atoms with Crippen molar-refractivity contribution in [1.29, 1.82) is 0 Å². The molecular weight excluding hydrogens is 340 g/mol. The Bertz CT molecular complexity index is 902. The van der Waals surface area contributed by atoms with Crippen molar-refractivity contribution in [2.45, 2.75) is 0 Å². The number of benzene rings is 2. The molecule has 25 heavy (non-hydrogen) atoms. The van der Waals surface area contributed by atoms with Gasteiger partial charge in [0, 0.05) is 11.6 Å². The lowest BCUT2D eigenvalue weighted by Crippen LogP contribution is -2.01. The van der Waals surface area contributed by atoms with Gasteiger partial charge in [-0.1, -0.05) is 23.7 Å². The number of halogens is 1. The van der Waals surface area contributed by atoms with Gasteiger partial charge in [-0.3, -0.25) is 0 Å². The molecule has 0 saturated carbocycles. The van der Waals surface area contributed by atoms with Gasteiger partial charge in [0.05, 0.1) is 24.9 Å². The first-order valence-electron chi connectivity index (χ1n) is 7.49. The maximum atomic E-state index is 6.18. The van der Waals surface area contributed by atoms with Crippen LogP contribution >= 0.6 is 11.6 Å². The predicted octanol–water partition coefficient (Wildman–Crippen LogP) is 4.14. The topological polar surface area (TPSA) is 82.3 Å². The zero-order valence-corrected chi connectivity index (χ0v) is 14.5. The largest absolute Gasteiger partial charge is 0.493 e. The van der Waals surface area contributed by atoms with Gasteiger partial charge in [-0.05, 0) is 30.3 Å². The van der Waals surface area contributed by atoms with Crippen LogP contribution in [-0.2, 0) is 0 Å². The van der Waals surface area contributed by atoms with E-state index in [-0.39, 0.29) is 0 Å². The minimum Gasteiger partial charge on any atom is -0.493 e. The average molecular weight is 357 g/mol. The summed E-state index contributed by atoms with van der Waals surface area (Å²) < 4.78 is 10.6. The van der Waals surface area contributed by atoms with Crippen molar-refractivity contribution < 1.29 is 9.47 Å². The Labute approximate surface area is 150 Å². The molecule has 0 aliphatic heterocycles. The van der Waals surface area contributed by atoms with Gasteiger partial charge < -0.3 is 20.5 Å². The Morgan fingerprint density at radius 2 is 1.72 bits per heavy atom. The van der Waals surface area contributed by atoms with E-state index in [1.807, 2.05) is 24.3 Å². The maximum Gasteiger partial charge on any atom is 0.163 e. The number of aromatic nitrogens is 2. The van der Waals surface area contributed by atoms with E-state index in [9.17, 15) is 0 Å². The number of ether oxygens (including phenoxy) is 2. The highest BCUT2D eigenvalue weighted by molar-refractivity contribution is 6.33. The Hall–Kier alpha value is -2.99. The van der Waals surface area contributed by atoms with E-state index in [0.717, 1.165) is 11.3 Å². The van der Waals surface area contributed by atoms with Crippen molar-refractivity contribution in [3.63, 3.8) is 0 Å². The van der Waals surface area contributed by atoms with Gasteiger partial charge in [-0.2, -0.15) is 0 Å². The van der Waals surface area contributed by atoms with Crippen LogP contribution in [0.3, 0.4) is 0 Å². The summed E-state index contributed by atoms with van der Waals surface area (Å²) >= 11 is 6.18. The summed E-state index contributed by atoms with van der Waals surface area (Å²) in [4.78, 5) is 8.81. The molecule has 1 heterocycles. The number of para-hydroxylation sites is 1. The molecule has 0 saturated heterocycles. The van der Waals surface area contributed by atoms with Crippen LogP contribution < -0.4 is 20.5 Å². The summed E-state index contributed by atoms with van der Waals surface area (Å²) in [5.74, 6) is 2.58. The highest BCUT2D eigenvalue weighted by Gasteiger charge is 2.11. The Balaban J connectivity index is 1.98. The molecule has 6 nitrogen and oxygen atoms in total. The zero-order chi connectivity index (χ0) is 17.8. The maximum absolute atomic E-state index is 6.18. The lowest BCUT2D eigenvalue weighted by atomic mass is 10.2. The van der Waals surface area contributed by atoms with E-state index in [1.165, 1.54) is 0 Å². The molecule has 3 rings (SSSR count). The number of methoxy groups -OCH3 is 2. The van der Waals surface area contributed by atoms with E-state index in [1.54, 1.807) is 38.5 Å². The fourth-order valence-electron chi connectivity index (χ4n) is 2.34. The molecular formula is C18H17ClN4O2. The molecule has 0 aliphatic rings. The van der Waals surface area contributed by atoms with E-state index in [0.29, 0.717) is 34.0 Å². The molecule has 3 N–H and O–H groups in total. The van der Waals surface area contributed by atoms with Crippen LogP contribution in [0.4, 0.5) is 17.3 Å². The van der Waals surface area contributed by atoms with Crippen LogP contribution in [0.5, 0.6) is 11.5 Å². The van der Waals surface area contributed by atoms with E-state index in [2.05, 4.69) is 15.3 Å². The number of nitrogens with zero attached hydrogens (tertiary/aromatic N) is 2. The minimum absolute atomic E-state index is 0.342. The fourth-order valence-corrected chi connectivity index (χ4v) is 2.52. The summed E-state index contributed by atoms with van der Waals surface area (Å²) in [6.45, 7) is 0. The van der Waals surface area contributed by atoms with Gasteiger partial charge in [0.25, 0.3) is 0 Å². The van der Waals surface area contributed by atoms with E-state index >= 15 is 0 Å². The number of hydrogen-bond donors (Lipinski definition) is 2. The van der Waals surface area contributed by atoms with Crippen molar-refractivity contribution in [3.8, 4) is 22.9 Å². The minimum atomic E-state index is 0.342. The van der Waals surface area contributed by atoms with E-state index in [4.69, 9.17) is 26.8 Å². The van der Waals surface area contributed by atoms with Crippen LogP contribution in [0.25, 0.3) is 11.4 Å². The first kappa shape index (κ1) is 16.9. The van der Waals surface area contributed by atoms with Crippen LogP contribution in [-0.4, -0.2) is 24.2 Å². The van der Waals surface area contributed by atoms with E-state index < -0.39 is 0 Å². The number of nitrogen functional groups attached to an aromatic ring is 1. The Morgan fingerprint density at radius 3 is 2.44 bits per heavy atom. The third-order valence-corrected chi connectivity index (χ3v) is 3.85. The second kappa shape index (κ2) is 7.27. The normalized spacial score (nSPS) is 10.4. The van der Waals surface area contributed by atoms with Crippen LogP contribution in [0, 0.1) is 0 Å². The fraction of sp³-hybridized carbons (Fsp3) is 0.111. The average Bonchev–Trinajstić information content (AvgIpc) is 2.62. The molecule has 0 radical (unpaired) electrons. The quantitative estimate of drug-likeness (QED) is 0.715. The monoisotopic (exact) mass is 356 g/mol. The standard InChI is InChI=1S/C18H17ClN4O2/c1-24-14-8-7-11(9-15(14)25-2)18-22-16(20)10-17(23-18)21-13-6-4-3-5-12(13)19/h3-10H,1-2H3,(H3,20,21,22,23). The van der Waals surface area contributed by atoms with Crippen molar-refractivity contribution in [2.24, 2.45) is 0 Å². The van der Waals surface area contributed by atoms with Gasteiger partial charge in [0.1, 0.15) is 11.6 Å². The summed E-state index contributed by atoms with van der Waals surface area (Å²) in [7, 11) is 3.16. The van der Waals surface area contributed by atoms with Crippen molar-refractivity contribution in [1.82, 2.24) is 9.97 Å². The lowest BCUT2D eigenvalue weighted by molar-refractivity contribution is 0.355. The number of anilines is 3. The molecule has 1 aromatic heterocycles. The van der Waals surface area contributed by atoms with Crippen molar-refractivity contribution >= 4 is 28.9 Å². The first-order valence-corrected chi connectivity index (χ1v) is 7.87. The predicted molar refractivity (Wildman–Crippen MR) is 99.7 cm³/mol. The molecule has 128 valence electrons. The highest BCUT2D eigenvalue weighted by atomic mass is 35.5. The molecule has 0 atom stereocenters. The molecule has 7 heteroatoms. The Morgan fingerprint density at radius 1 is 0.960 bits per heavy atom. The van der Waals surface area contributed by atoms with Crippen LogP contribution in [0.15, 0.2) is 48.5 Å². The summed E-state index contributed by atoms with van der Waals surface area (Å²) in [6.07, 6.45) is 0. The number of hydrogen-bond acceptors (Lipinski definition) is 6. The van der Waals surface area contributed by atoms with Gasteiger partial charge in [-0.25, -0.2) is 9.97 Å². The lowest BCUT2D eigenvalue weighted by Gasteiger charge is -2.11. The molecule has 0 amide bonds. The number of nitrogens with two attached hydrogens (primary N) is 1. The van der Waals surface area contributed by atoms with Crippen molar-refractivity contribution in [3.05, 3.63) is 53.6 Å². The zero-order valence-electron chi connectivity index (χ0n) is 13.8. The van der Waals surface area contributed by atoms with Crippen molar-refractivity contribution in [2.75, 3.05) is 25.3 Å². The SMILES string of the molecule is COc1ccc(-c2nc(N)cc(Nc3ccccc3Cl)n2)cc1OC. The van der Waals surface area contributed by atoms with Crippen LogP contribution in [0.2, 0.25) is 5.02 Å². The smallest absolute Gasteiger partial charge is 0.163 e. The van der Waals surface area contributed by atoms with Gasteiger partial charge in [-0.15, -0.1) is 0 Å². The third-order valence-electron chi connectivity index (χ3n) is 3.52. The van der Waals surface area contributed by atoms with Gasteiger partial charge in [0.2, 0.25) is 0 Å². The second-order valence-corrected chi connectivity index (χ2v) is 5.58. The Kier molecular flexibility index (Phi) is 4.90. The van der Waals surface area contributed by atoms with Crippen LogP contribution in [0.1, 0.15) is 0 Å². The molecule has 3 aromatic rings. The molecule has 2 aromatic carbocycles. The first-order chi connectivity index (χ1) is 12.1. The number of rotatable bonds is 5. The molecule has 0 fully saturated rings. The summed E-state index contributed by atoms with van der Waals surface area (Å²) in [6, 6.07) is 14.5. The second-order valence-electron chi connectivity index (χ2n) is 5.18. The molecule has 0 unspecified atom stereocenters. The van der Waals surface area contributed by atoms with Gasteiger partial charge >= 0.3 is 0 Å². The summed E-state index contributed by atoms with van der Waals surface area (Å²) in [5.41, 5.74) is 7.43. The molecule has 0 aliphatic carbocycles. The number of nitrogens with one attached hydrogen (secondary N) is 1. The van der Waals surface area contributed by atoms with Gasteiger partial charge in [0.15, 0.2) is 17.3 Å². The summed E-state index contributed by atoms with van der Waals surface area (Å²) in [5, 5.41) is 3.75. The molecule has 0 bridgehead atoms. The molecule has 0 spiro atoms. The third kappa shape index (κ3) is 3.75.